The van der Waals surface area contributed by atoms with Gasteiger partial charge in [0.05, 0.1) is 24.1 Å². The monoisotopic (exact) mass is 491 g/mol. The number of carbonyl (C=O) groups is 4. The lowest BCUT2D eigenvalue weighted by atomic mass is 10.0. The number of hydrogen-bond donors (Lipinski definition) is 2. The summed E-state index contributed by atoms with van der Waals surface area (Å²) >= 11 is 0. The van der Waals surface area contributed by atoms with Crippen molar-refractivity contribution in [2.24, 2.45) is 5.92 Å². The zero-order valence-corrected chi connectivity index (χ0v) is 20.4. The molecule has 2 aromatic carbocycles. The highest BCUT2D eigenvalue weighted by Crippen LogP contribution is 2.20. The van der Waals surface area contributed by atoms with Gasteiger partial charge in [-0.05, 0) is 42.3 Å². The number of amides is 3. The van der Waals surface area contributed by atoms with E-state index in [1.54, 1.807) is 80.6 Å². The lowest BCUT2D eigenvalue weighted by molar-refractivity contribution is -0.150. The molecule has 9 nitrogen and oxygen atoms in total. The second-order valence-corrected chi connectivity index (χ2v) is 8.40. The van der Waals surface area contributed by atoms with Gasteiger partial charge in [0, 0.05) is 12.6 Å². The minimum absolute atomic E-state index is 0.195. The molecule has 2 N–H and O–H groups in total. The maximum Gasteiger partial charge on any atom is 0.329 e. The topological polar surface area (TPSA) is 118 Å². The van der Waals surface area contributed by atoms with E-state index in [9.17, 15) is 19.2 Å². The number of ether oxygens (including phenoxy) is 1. The van der Waals surface area contributed by atoms with Crippen molar-refractivity contribution >= 4 is 29.4 Å². The second-order valence-electron chi connectivity index (χ2n) is 8.40. The molecule has 36 heavy (non-hydrogen) atoms. The van der Waals surface area contributed by atoms with Crippen molar-refractivity contribution in [1.29, 1.82) is 0 Å². The van der Waals surface area contributed by atoms with Crippen LogP contribution in [0.5, 0.6) is 0 Å². The Bertz CT molecular complexity index is 1190. The molecule has 0 aliphatic carbocycles. The maximum atomic E-state index is 12.8. The zero-order valence-electron chi connectivity index (χ0n) is 20.4. The van der Waals surface area contributed by atoms with E-state index < -0.39 is 30.4 Å². The first-order chi connectivity index (χ1) is 17.3. The molecule has 3 aromatic rings. The predicted octanol–water partition coefficient (Wildman–Crippen LogP) is 3.17. The molecule has 0 aliphatic rings. The van der Waals surface area contributed by atoms with Gasteiger partial charge >= 0.3 is 5.97 Å². The normalized spacial score (nSPS) is 11.4. The van der Waals surface area contributed by atoms with Gasteiger partial charge in [-0.25, -0.2) is 4.79 Å². The first-order valence-corrected chi connectivity index (χ1v) is 11.5. The number of rotatable bonds is 10. The fourth-order valence-electron chi connectivity index (χ4n) is 3.40. The summed E-state index contributed by atoms with van der Waals surface area (Å²) in [6, 6.07) is 17.6. The van der Waals surface area contributed by atoms with Crippen molar-refractivity contribution in [3.63, 3.8) is 0 Å². The fourth-order valence-corrected chi connectivity index (χ4v) is 3.40. The smallest absolute Gasteiger partial charge is 0.329 e. The number of nitrogens with zero attached hydrogens (tertiary/aromatic N) is 1. The van der Waals surface area contributed by atoms with Crippen LogP contribution in [0, 0.1) is 5.92 Å². The molecule has 0 spiro atoms. The molecule has 0 saturated carbocycles. The van der Waals surface area contributed by atoms with Gasteiger partial charge in [-0.2, -0.15) is 0 Å². The Labute approximate surface area is 209 Å². The first kappa shape index (κ1) is 26.2. The van der Waals surface area contributed by atoms with Crippen LogP contribution in [0.3, 0.4) is 0 Å². The summed E-state index contributed by atoms with van der Waals surface area (Å²) in [5.41, 5.74) is 1.04. The number of benzene rings is 2. The number of likely N-dealkylation sites (N-methyl/N-ethyl adjacent to an activating group) is 1. The number of carbonyl (C=O) groups excluding carboxylic acids is 4. The molecule has 1 aromatic heterocycles. The van der Waals surface area contributed by atoms with Crippen LogP contribution in [-0.4, -0.2) is 43.4 Å². The molecule has 9 heteroatoms. The quantitative estimate of drug-likeness (QED) is 0.421. The molecule has 0 bridgehead atoms. The average Bonchev–Trinajstić information content (AvgIpc) is 3.42. The Morgan fingerprint density at radius 1 is 0.917 bits per heavy atom. The van der Waals surface area contributed by atoms with Crippen LogP contribution in [-0.2, 0) is 20.9 Å². The minimum Gasteiger partial charge on any atom is -0.467 e. The number of para-hydroxylation sites is 1. The third-order valence-corrected chi connectivity index (χ3v) is 5.47. The van der Waals surface area contributed by atoms with Crippen molar-refractivity contribution in [2.45, 2.75) is 26.4 Å². The predicted molar refractivity (Wildman–Crippen MR) is 133 cm³/mol. The molecule has 3 amide bonds. The summed E-state index contributed by atoms with van der Waals surface area (Å²) in [5.74, 6) is -1.73. The fraction of sp³-hybridized carbons (Fsp3) is 0.259. The largest absolute Gasteiger partial charge is 0.467 e. The van der Waals surface area contributed by atoms with E-state index in [0.717, 1.165) is 0 Å². The van der Waals surface area contributed by atoms with Gasteiger partial charge in [0.1, 0.15) is 11.8 Å². The van der Waals surface area contributed by atoms with Gasteiger partial charge in [0.2, 0.25) is 0 Å². The van der Waals surface area contributed by atoms with Gasteiger partial charge in [0.25, 0.3) is 17.7 Å². The van der Waals surface area contributed by atoms with Crippen molar-refractivity contribution in [3.05, 3.63) is 89.9 Å². The van der Waals surface area contributed by atoms with Gasteiger partial charge in [-0.15, -0.1) is 0 Å². The number of anilines is 1. The number of furan rings is 1. The Hall–Kier alpha value is -4.40. The van der Waals surface area contributed by atoms with E-state index in [4.69, 9.17) is 9.15 Å². The van der Waals surface area contributed by atoms with Crippen LogP contribution < -0.4 is 15.5 Å². The minimum atomic E-state index is -0.935. The third-order valence-electron chi connectivity index (χ3n) is 5.47. The summed E-state index contributed by atoms with van der Waals surface area (Å²) in [7, 11) is 1.49. The molecule has 1 atom stereocenters. The van der Waals surface area contributed by atoms with Crippen molar-refractivity contribution in [1.82, 2.24) is 10.6 Å². The summed E-state index contributed by atoms with van der Waals surface area (Å²) in [6.07, 6.45) is 1.51. The Kier molecular flexibility index (Phi) is 8.99. The van der Waals surface area contributed by atoms with E-state index >= 15 is 0 Å². The molecule has 0 saturated heterocycles. The highest BCUT2D eigenvalue weighted by molar-refractivity contribution is 6.05. The molecule has 0 aliphatic heterocycles. The molecular formula is C27H29N3O6. The van der Waals surface area contributed by atoms with Crippen LogP contribution in [0.25, 0.3) is 0 Å². The van der Waals surface area contributed by atoms with Crippen LogP contribution in [0.2, 0.25) is 0 Å². The third kappa shape index (κ3) is 6.82. The van der Waals surface area contributed by atoms with Crippen LogP contribution >= 0.6 is 0 Å². The van der Waals surface area contributed by atoms with Crippen molar-refractivity contribution < 1.29 is 28.3 Å². The van der Waals surface area contributed by atoms with Crippen molar-refractivity contribution in [3.8, 4) is 0 Å². The lowest BCUT2D eigenvalue weighted by Gasteiger charge is -2.23. The van der Waals surface area contributed by atoms with E-state index in [-0.39, 0.29) is 23.9 Å². The van der Waals surface area contributed by atoms with E-state index in [2.05, 4.69) is 10.6 Å². The average molecular weight is 492 g/mol. The molecule has 188 valence electrons. The summed E-state index contributed by atoms with van der Waals surface area (Å²) in [6.45, 7) is 3.17. The Balaban J connectivity index is 1.61. The molecule has 0 unspecified atom stereocenters. The first-order valence-electron chi connectivity index (χ1n) is 11.5. The standard InChI is InChI=1S/C27H29N3O6/c1-18(2)24(29-25(32)19-10-5-4-6-11-19)27(34)36-17-23(31)30(3)22-14-8-7-13-21(22)26(33)28-16-20-12-9-15-35-20/h4-15,18,24H,16-17H2,1-3H3,(H,28,33)(H,29,32)/t24-/m0/s1. The van der Waals surface area contributed by atoms with Gasteiger partial charge in [-0.1, -0.05) is 44.2 Å². The summed E-state index contributed by atoms with van der Waals surface area (Å²) in [4.78, 5) is 52.0. The summed E-state index contributed by atoms with van der Waals surface area (Å²) < 4.78 is 10.5. The van der Waals surface area contributed by atoms with E-state index in [0.29, 0.717) is 17.0 Å². The van der Waals surface area contributed by atoms with E-state index in [1.165, 1.54) is 18.2 Å². The van der Waals surface area contributed by atoms with Crippen LogP contribution in [0.15, 0.2) is 77.4 Å². The lowest BCUT2D eigenvalue weighted by Crippen LogP contribution is -2.46. The van der Waals surface area contributed by atoms with E-state index in [1.807, 2.05) is 0 Å². The Morgan fingerprint density at radius 3 is 2.28 bits per heavy atom. The SMILES string of the molecule is CC(C)[C@H](NC(=O)c1ccccc1)C(=O)OCC(=O)N(C)c1ccccc1C(=O)NCc1ccco1. The Morgan fingerprint density at radius 2 is 1.61 bits per heavy atom. The maximum absolute atomic E-state index is 12.8. The number of nitrogens with one attached hydrogen (secondary N) is 2. The van der Waals surface area contributed by atoms with Crippen LogP contribution in [0.1, 0.15) is 40.3 Å². The highest BCUT2D eigenvalue weighted by Gasteiger charge is 2.27. The molecule has 0 radical (unpaired) electrons. The van der Waals surface area contributed by atoms with Crippen LogP contribution in [0.4, 0.5) is 5.69 Å². The summed E-state index contributed by atoms with van der Waals surface area (Å²) in [5, 5.41) is 5.42. The molecule has 0 fully saturated rings. The van der Waals surface area contributed by atoms with Gasteiger partial charge in [-0.3, -0.25) is 14.4 Å². The van der Waals surface area contributed by atoms with Gasteiger partial charge in [0.15, 0.2) is 6.61 Å². The number of hydrogen-bond acceptors (Lipinski definition) is 6. The molecular weight excluding hydrogens is 462 g/mol. The molecule has 1 heterocycles. The zero-order chi connectivity index (χ0) is 26.1. The molecule has 3 rings (SSSR count). The highest BCUT2D eigenvalue weighted by atomic mass is 16.5. The second kappa shape index (κ2) is 12.3. The van der Waals surface area contributed by atoms with Crippen molar-refractivity contribution in [2.75, 3.05) is 18.6 Å². The number of esters is 1. The van der Waals surface area contributed by atoms with Gasteiger partial charge < -0.3 is 24.7 Å².